The fourth-order valence-corrected chi connectivity index (χ4v) is 4.12. The highest BCUT2D eigenvalue weighted by molar-refractivity contribution is 9.11. The molecule has 2 aromatic carbocycles. The van der Waals surface area contributed by atoms with Gasteiger partial charge in [0, 0.05) is 10.9 Å². The number of carbonyl (C=O) groups is 2. The van der Waals surface area contributed by atoms with Crippen molar-refractivity contribution in [3.05, 3.63) is 39.3 Å². The summed E-state index contributed by atoms with van der Waals surface area (Å²) in [4.78, 5) is 25.3. The minimum absolute atomic E-state index is 0.149. The number of aliphatic carboxylic acids is 1. The molecule has 1 saturated heterocycles. The summed E-state index contributed by atoms with van der Waals surface area (Å²) >= 11 is 7.04. The number of amides is 1. The van der Waals surface area contributed by atoms with Gasteiger partial charge in [0.1, 0.15) is 23.5 Å². The SMILES string of the molecule is CC(C)(C)OC(=O)N1C[C@@H](Oc2ccc3cc(Br)ccc3c2Br)C[C@H]1C(=O)O. The van der Waals surface area contributed by atoms with Gasteiger partial charge in [-0.1, -0.05) is 28.1 Å². The molecule has 28 heavy (non-hydrogen) atoms. The van der Waals surface area contributed by atoms with Gasteiger partial charge in [-0.15, -0.1) is 0 Å². The van der Waals surface area contributed by atoms with Gasteiger partial charge in [-0.2, -0.15) is 0 Å². The van der Waals surface area contributed by atoms with Gasteiger partial charge in [0.2, 0.25) is 0 Å². The number of carbonyl (C=O) groups excluding carboxylic acids is 1. The number of fused-ring (bicyclic) bond motifs is 1. The molecule has 1 amide bonds. The van der Waals surface area contributed by atoms with E-state index in [0.29, 0.717) is 5.75 Å². The summed E-state index contributed by atoms with van der Waals surface area (Å²) in [5.41, 5.74) is -0.700. The maximum Gasteiger partial charge on any atom is 0.411 e. The van der Waals surface area contributed by atoms with E-state index in [4.69, 9.17) is 9.47 Å². The van der Waals surface area contributed by atoms with Gasteiger partial charge in [0.15, 0.2) is 0 Å². The van der Waals surface area contributed by atoms with Crippen LogP contribution in [0.5, 0.6) is 5.75 Å². The quantitative estimate of drug-likeness (QED) is 0.608. The van der Waals surface area contributed by atoms with Gasteiger partial charge in [-0.25, -0.2) is 9.59 Å². The predicted octanol–water partition coefficient (Wildman–Crippen LogP) is 5.21. The Bertz CT molecular complexity index is 925. The molecule has 1 fully saturated rings. The van der Waals surface area contributed by atoms with Crippen LogP contribution in [0.15, 0.2) is 39.3 Å². The van der Waals surface area contributed by atoms with Crippen molar-refractivity contribution in [2.45, 2.75) is 44.9 Å². The third kappa shape index (κ3) is 4.60. The molecule has 0 radical (unpaired) electrons. The van der Waals surface area contributed by atoms with E-state index in [1.54, 1.807) is 20.8 Å². The van der Waals surface area contributed by atoms with Crippen molar-refractivity contribution in [3.8, 4) is 5.75 Å². The molecule has 1 aliphatic rings. The first-order valence-corrected chi connectivity index (χ1v) is 10.4. The predicted molar refractivity (Wildman–Crippen MR) is 113 cm³/mol. The number of carboxylic acids is 1. The smallest absolute Gasteiger partial charge is 0.411 e. The van der Waals surface area contributed by atoms with Crippen molar-refractivity contribution in [2.75, 3.05) is 6.54 Å². The standard InChI is InChI=1S/C20H21Br2NO5/c1-20(2,3)28-19(26)23-10-13(9-15(23)18(24)25)27-16-7-4-11-8-12(21)5-6-14(11)17(16)22/h4-8,13,15H,9-10H2,1-3H3,(H,24,25)/t13-,15-/m0/s1. The average Bonchev–Trinajstić information content (AvgIpc) is 3.00. The normalized spacial score (nSPS) is 19.7. The van der Waals surface area contributed by atoms with E-state index in [9.17, 15) is 14.7 Å². The number of halogens is 2. The first-order valence-electron chi connectivity index (χ1n) is 8.82. The van der Waals surface area contributed by atoms with E-state index >= 15 is 0 Å². The molecular formula is C20H21Br2NO5. The molecule has 3 rings (SSSR count). The van der Waals surface area contributed by atoms with E-state index in [2.05, 4.69) is 31.9 Å². The Labute approximate surface area is 180 Å². The minimum Gasteiger partial charge on any atom is -0.487 e. The van der Waals surface area contributed by atoms with Crippen molar-refractivity contribution >= 4 is 54.7 Å². The molecule has 0 spiro atoms. The molecule has 1 aliphatic heterocycles. The molecule has 1 heterocycles. The highest BCUT2D eigenvalue weighted by Gasteiger charge is 2.42. The second-order valence-corrected chi connectivity index (χ2v) is 9.41. The fourth-order valence-electron chi connectivity index (χ4n) is 3.15. The van der Waals surface area contributed by atoms with Gasteiger partial charge < -0.3 is 14.6 Å². The maximum atomic E-state index is 12.4. The van der Waals surface area contributed by atoms with Crippen LogP contribution in [0.2, 0.25) is 0 Å². The fraction of sp³-hybridized carbons (Fsp3) is 0.400. The Kier molecular flexibility index (Phi) is 5.91. The number of nitrogens with zero attached hydrogens (tertiary/aromatic N) is 1. The Hall–Kier alpha value is -1.80. The van der Waals surface area contributed by atoms with Crippen molar-refractivity contribution in [3.63, 3.8) is 0 Å². The van der Waals surface area contributed by atoms with Crippen LogP contribution in [0.3, 0.4) is 0 Å². The van der Waals surface area contributed by atoms with Crippen molar-refractivity contribution in [1.82, 2.24) is 4.90 Å². The molecule has 1 N–H and O–H groups in total. The number of hydrogen-bond acceptors (Lipinski definition) is 4. The summed E-state index contributed by atoms with van der Waals surface area (Å²) < 4.78 is 13.2. The lowest BCUT2D eigenvalue weighted by atomic mass is 10.1. The molecule has 8 heteroatoms. The van der Waals surface area contributed by atoms with Crippen LogP contribution < -0.4 is 4.74 Å². The molecule has 0 unspecified atom stereocenters. The van der Waals surface area contributed by atoms with Crippen LogP contribution in [-0.2, 0) is 9.53 Å². The Morgan fingerprint density at radius 3 is 2.54 bits per heavy atom. The Balaban J connectivity index is 1.80. The Morgan fingerprint density at radius 1 is 1.18 bits per heavy atom. The molecule has 0 saturated carbocycles. The van der Waals surface area contributed by atoms with Crippen molar-refractivity contribution < 1.29 is 24.2 Å². The number of benzene rings is 2. The summed E-state index contributed by atoms with van der Waals surface area (Å²) in [6, 6.07) is 8.72. The van der Waals surface area contributed by atoms with Crippen LogP contribution in [0.1, 0.15) is 27.2 Å². The second kappa shape index (κ2) is 7.91. The third-order valence-electron chi connectivity index (χ3n) is 4.35. The average molecular weight is 515 g/mol. The van der Waals surface area contributed by atoms with Crippen LogP contribution in [-0.4, -0.2) is 46.4 Å². The van der Waals surface area contributed by atoms with Crippen molar-refractivity contribution in [2.24, 2.45) is 0 Å². The molecular weight excluding hydrogens is 494 g/mol. The first kappa shape index (κ1) is 20.9. The number of carboxylic acid groups (broad SMARTS) is 1. The second-order valence-electron chi connectivity index (χ2n) is 7.71. The zero-order valence-corrected chi connectivity index (χ0v) is 18.9. The highest BCUT2D eigenvalue weighted by Crippen LogP contribution is 2.36. The van der Waals surface area contributed by atoms with Gasteiger partial charge in [0.25, 0.3) is 0 Å². The van der Waals surface area contributed by atoms with Crippen LogP contribution in [0.25, 0.3) is 10.8 Å². The van der Waals surface area contributed by atoms with Gasteiger partial charge >= 0.3 is 12.1 Å². The maximum absolute atomic E-state index is 12.4. The largest absolute Gasteiger partial charge is 0.487 e. The topological polar surface area (TPSA) is 76.1 Å². The van der Waals surface area contributed by atoms with E-state index in [1.807, 2.05) is 30.3 Å². The summed E-state index contributed by atoms with van der Waals surface area (Å²) in [6.07, 6.45) is -0.898. The molecule has 0 bridgehead atoms. The molecule has 0 aromatic heterocycles. The highest BCUT2D eigenvalue weighted by atomic mass is 79.9. The lowest BCUT2D eigenvalue weighted by molar-refractivity contribution is -0.142. The first-order chi connectivity index (χ1) is 13.0. The van der Waals surface area contributed by atoms with Gasteiger partial charge in [-0.05, 0) is 65.7 Å². The number of hydrogen-bond donors (Lipinski definition) is 1. The monoisotopic (exact) mass is 513 g/mol. The molecule has 2 aromatic rings. The zero-order chi connectivity index (χ0) is 20.6. The van der Waals surface area contributed by atoms with Crippen LogP contribution in [0.4, 0.5) is 4.79 Å². The van der Waals surface area contributed by atoms with Crippen LogP contribution >= 0.6 is 31.9 Å². The van der Waals surface area contributed by atoms with E-state index < -0.39 is 29.8 Å². The summed E-state index contributed by atoms with van der Waals surface area (Å²) in [5, 5.41) is 11.5. The summed E-state index contributed by atoms with van der Waals surface area (Å²) in [6.45, 7) is 5.39. The van der Waals surface area contributed by atoms with Crippen molar-refractivity contribution in [1.29, 1.82) is 0 Å². The van der Waals surface area contributed by atoms with Gasteiger partial charge in [0.05, 0.1) is 11.0 Å². The number of likely N-dealkylation sites (tertiary alicyclic amines) is 1. The molecule has 0 aliphatic carbocycles. The Morgan fingerprint density at radius 2 is 1.89 bits per heavy atom. The van der Waals surface area contributed by atoms with E-state index in [-0.39, 0.29) is 13.0 Å². The molecule has 2 atom stereocenters. The molecule has 6 nitrogen and oxygen atoms in total. The van der Waals surface area contributed by atoms with Gasteiger partial charge in [-0.3, -0.25) is 4.90 Å². The number of rotatable bonds is 3. The zero-order valence-electron chi connectivity index (χ0n) is 15.7. The third-order valence-corrected chi connectivity index (χ3v) is 5.66. The molecule has 150 valence electrons. The lowest BCUT2D eigenvalue weighted by Gasteiger charge is -2.26. The summed E-state index contributed by atoms with van der Waals surface area (Å²) in [5.74, 6) is -0.464. The lowest BCUT2D eigenvalue weighted by Crippen LogP contribution is -2.43. The minimum atomic E-state index is -1.07. The van der Waals surface area contributed by atoms with Crippen LogP contribution in [0, 0.1) is 0 Å². The number of ether oxygens (including phenoxy) is 2. The summed E-state index contributed by atoms with van der Waals surface area (Å²) in [7, 11) is 0. The van der Waals surface area contributed by atoms with E-state index in [1.165, 1.54) is 4.90 Å². The van der Waals surface area contributed by atoms with E-state index in [0.717, 1.165) is 19.7 Å².